The van der Waals surface area contributed by atoms with Crippen molar-refractivity contribution < 1.29 is 19.4 Å². The van der Waals surface area contributed by atoms with Crippen LogP contribution in [0, 0.1) is 0 Å². The maximum Gasteiger partial charge on any atom is 0.334 e. The molecule has 1 aromatic rings. The van der Waals surface area contributed by atoms with Crippen LogP contribution >= 0.6 is 0 Å². The van der Waals surface area contributed by atoms with Gasteiger partial charge in [-0.3, -0.25) is 4.79 Å². The van der Waals surface area contributed by atoms with E-state index in [4.69, 9.17) is 4.74 Å². The van der Waals surface area contributed by atoms with Gasteiger partial charge in [0.15, 0.2) is 5.54 Å². The van der Waals surface area contributed by atoms with E-state index in [2.05, 4.69) is 0 Å². The Balaban J connectivity index is 3.31. The third-order valence-corrected chi connectivity index (χ3v) is 3.44. The van der Waals surface area contributed by atoms with Gasteiger partial charge in [-0.1, -0.05) is 19.1 Å². The summed E-state index contributed by atoms with van der Waals surface area (Å²) in [6, 6.07) is 6.75. The molecule has 1 atom stereocenters. The number of hydrogen-bond donors (Lipinski definition) is 1. The van der Waals surface area contributed by atoms with E-state index in [1.54, 1.807) is 38.3 Å². The normalized spacial score (nSPS) is 13.4. The van der Waals surface area contributed by atoms with Crippen molar-refractivity contribution in [1.29, 1.82) is 0 Å². The minimum atomic E-state index is -1.38. The molecule has 1 N–H and O–H groups in total. The number of carboxylic acids is 1. The fraction of sp³-hybridized carbons (Fsp3) is 0.467. The molecule has 0 aliphatic heterocycles. The molecule has 20 heavy (non-hydrogen) atoms. The number of aliphatic carboxylic acids is 1. The van der Waals surface area contributed by atoms with Gasteiger partial charge in [0.1, 0.15) is 5.75 Å². The van der Waals surface area contributed by atoms with Crippen molar-refractivity contribution in [3.05, 3.63) is 29.8 Å². The van der Waals surface area contributed by atoms with Crippen molar-refractivity contribution in [2.75, 3.05) is 13.7 Å². The van der Waals surface area contributed by atoms with Crippen molar-refractivity contribution in [2.24, 2.45) is 0 Å². The highest BCUT2D eigenvalue weighted by molar-refractivity contribution is 5.87. The Kier molecular flexibility index (Phi) is 5.13. The molecule has 5 heteroatoms. The van der Waals surface area contributed by atoms with Crippen molar-refractivity contribution >= 4 is 11.9 Å². The zero-order valence-electron chi connectivity index (χ0n) is 12.3. The lowest BCUT2D eigenvalue weighted by Gasteiger charge is -2.37. The molecule has 1 unspecified atom stereocenters. The average molecular weight is 279 g/mol. The first-order valence-corrected chi connectivity index (χ1v) is 6.54. The first-order valence-electron chi connectivity index (χ1n) is 6.54. The van der Waals surface area contributed by atoms with Crippen LogP contribution in [-0.4, -0.2) is 35.5 Å². The Morgan fingerprint density at radius 1 is 1.30 bits per heavy atom. The highest BCUT2D eigenvalue weighted by Crippen LogP contribution is 2.30. The predicted octanol–water partition coefficient (Wildman–Crippen LogP) is 2.25. The zero-order valence-corrected chi connectivity index (χ0v) is 12.3. The van der Waals surface area contributed by atoms with Gasteiger partial charge in [0.25, 0.3) is 0 Å². The summed E-state index contributed by atoms with van der Waals surface area (Å²) in [5, 5.41) is 9.63. The van der Waals surface area contributed by atoms with Crippen LogP contribution in [0.5, 0.6) is 5.75 Å². The van der Waals surface area contributed by atoms with E-state index in [-0.39, 0.29) is 5.91 Å². The topological polar surface area (TPSA) is 66.8 Å². The van der Waals surface area contributed by atoms with Crippen molar-refractivity contribution in [1.82, 2.24) is 4.90 Å². The number of benzene rings is 1. The molecule has 1 rings (SSSR count). The van der Waals surface area contributed by atoms with E-state index in [1.807, 2.05) is 6.92 Å². The molecule has 0 aliphatic rings. The number of carbonyl (C=O) groups is 2. The molecule has 0 spiro atoms. The molecule has 0 saturated heterocycles. The number of nitrogens with zero attached hydrogens (tertiary/aromatic N) is 1. The number of rotatable bonds is 6. The van der Waals surface area contributed by atoms with E-state index in [9.17, 15) is 14.7 Å². The van der Waals surface area contributed by atoms with Crippen LogP contribution < -0.4 is 4.74 Å². The monoisotopic (exact) mass is 279 g/mol. The quantitative estimate of drug-likeness (QED) is 0.867. The van der Waals surface area contributed by atoms with Crippen LogP contribution in [0.3, 0.4) is 0 Å². The lowest BCUT2D eigenvalue weighted by molar-refractivity contribution is -0.158. The molecule has 0 saturated carbocycles. The van der Waals surface area contributed by atoms with Gasteiger partial charge in [0, 0.05) is 13.5 Å². The molecule has 0 bridgehead atoms. The predicted molar refractivity (Wildman–Crippen MR) is 75.7 cm³/mol. The molecule has 0 radical (unpaired) electrons. The Morgan fingerprint density at radius 2 is 1.85 bits per heavy atom. The summed E-state index contributed by atoms with van der Waals surface area (Å²) in [6.45, 7) is 5.24. The van der Waals surface area contributed by atoms with Crippen LogP contribution in [0.4, 0.5) is 0 Å². The van der Waals surface area contributed by atoms with Gasteiger partial charge < -0.3 is 14.7 Å². The van der Waals surface area contributed by atoms with Gasteiger partial charge in [-0.2, -0.15) is 0 Å². The second kappa shape index (κ2) is 6.41. The third-order valence-electron chi connectivity index (χ3n) is 3.44. The Morgan fingerprint density at radius 3 is 2.20 bits per heavy atom. The summed E-state index contributed by atoms with van der Waals surface area (Å²) in [5.74, 6) is -0.662. The fourth-order valence-electron chi connectivity index (χ4n) is 2.23. The van der Waals surface area contributed by atoms with E-state index in [1.165, 1.54) is 11.8 Å². The molecular formula is C15H21NO4. The number of carboxylic acid groups (broad SMARTS) is 1. The summed E-state index contributed by atoms with van der Waals surface area (Å²) >= 11 is 0. The Hall–Kier alpha value is -2.04. The van der Waals surface area contributed by atoms with Crippen molar-refractivity contribution in [3.63, 3.8) is 0 Å². The number of hydrogen-bond acceptors (Lipinski definition) is 3. The number of amides is 1. The highest BCUT2D eigenvalue weighted by Gasteiger charge is 2.42. The smallest absolute Gasteiger partial charge is 0.334 e. The highest BCUT2D eigenvalue weighted by atomic mass is 16.5. The molecule has 1 aromatic carbocycles. The van der Waals surface area contributed by atoms with Crippen molar-refractivity contribution in [3.8, 4) is 5.75 Å². The molecular weight excluding hydrogens is 258 g/mol. The lowest BCUT2D eigenvalue weighted by Crippen LogP contribution is -2.52. The van der Waals surface area contributed by atoms with E-state index < -0.39 is 11.5 Å². The number of carbonyl (C=O) groups excluding carboxylic acids is 1. The number of methoxy groups -OCH3 is 1. The van der Waals surface area contributed by atoms with Crippen molar-refractivity contribution in [2.45, 2.75) is 32.7 Å². The van der Waals surface area contributed by atoms with Gasteiger partial charge in [-0.15, -0.1) is 0 Å². The summed E-state index contributed by atoms with van der Waals surface area (Å²) in [7, 11) is 1.55. The van der Waals surface area contributed by atoms with Gasteiger partial charge in [0.05, 0.1) is 7.11 Å². The van der Waals surface area contributed by atoms with Gasteiger partial charge in [0.2, 0.25) is 5.91 Å². The first kappa shape index (κ1) is 16.0. The summed E-state index contributed by atoms with van der Waals surface area (Å²) in [4.78, 5) is 25.0. The maximum absolute atomic E-state index is 11.8. The molecule has 1 amide bonds. The molecule has 0 heterocycles. The third kappa shape index (κ3) is 2.92. The van der Waals surface area contributed by atoms with Gasteiger partial charge >= 0.3 is 5.97 Å². The Labute approximate surface area is 119 Å². The SMILES string of the molecule is CCCN(C(C)=O)C(C)(C(=O)O)c1ccc(OC)cc1. The van der Waals surface area contributed by atoms with E-state index in [0.717, 1.165) is 0 Å². The Bertz CT molecular complexity index is 483. The van der Waals surface area contributed by atoms with Crippen LogP contribution in [0.15, 0.2) is 24.3 Å². The first-order chi connectivity index (χ1) is 9.37. The van der Waals surface area contributed by atoms with Crippen LogP contribution in [0.1, 0.15) is 32.8 Å². The number of ether oxygens (including phenoxy) is 1. The van der Waals surface area contributed by atoms with E-state index in [0.29, 0.717) is 24.3 Å². The van der Waals surface area contributed by atoms with E-state index >= 15 is 0 Å². The summed E-state index contributed by atoms with van der Waals surface area (Å²) < 4.78 is 5.07. The molecule has 0 fully saturated rings. The largest absolute Gasteiger partial charge is 0.497 e. The second-order valence-corrected chi connectivity index (χ2v) is 4.78. The second-order valence-electron chi connectivity index (χ2n) is 4.78. The van der Waals surface area contributed by atoms with Crippen LogP contribution in [0.25, 0.3) is 0 Å². The molecule has 0 aromatic heterocycles. The lowest BCUT2D eigenvalue weighted by atomic mass is 9.89. The maximum atomic E-state index is 11.8. The molecule has 5 nitrogen and oxygen atoms in total. The van der Waals surface area contributed by atoms with Gasteiger partial charge in [-0.05, 0) is 31.0 Å². The summed E-state index contributed by atoms with van der Waals surface area (Å²) in [6.07, 6.45) is 0.693. The standard InChI is InChI=1S/C15H21NO4/c1-5-10-16(11(2)17)15(3,14(18)19)12-6-8-13(20-4)9-7-12/h6-9H,5,10H2,1-4H3,(H,18,19). The fourth-order valence-corrected chi connectivity index (χ4v) is 2.23. The van der Waals surface area contributed by atoms with Gasteiger partial charge in [-0.25, -0.2) is 4.79 Å². The molecule has 110 valence electrons. The van der Waals surface area contributed by atoms with Crippen LogP contribution in [0.2, 0.25) is 0 Å². The minimum Gasteiger partial charge on any atom is -0.497 e. The minimum absolute atomic E-state index is 0.257. The van der Waals surface area contributed by atoms with Crippen LogP contribution in [-0.2, 0) is 15.1 Å². The molecule has 0 aliphatic carbocycles. The average Bonchev–Trinajstić information content (AvgIpc) is 2.43. The summed E-state index contributed by atoms with van der Waals surface area (Å²) in [5.41, 5.74) is -0.830. The zero-order chi connectivity index (χ0) is 15.3.